The topological polar surface area (TPSA) is 166 Å². The number of allylic oxidation sites excluding steroid dienone is 1. The molecular weight excluding hydrogens is 536 g/mol. The molecule has 13 nitrogen and oxygen atoms in total. The molecular formula is C28H34N4O9. The Bertz CT molecular complexity index is 1330. The van der Waals surface area contributed by atoms with Crippen LogP contribution in [0.5, 0.6) is 23.0 Å². The molecule has 0 aliphatic carbocycles. The third kappa shape index (κ3) is 8.35. The zero-order chi connectivity index (χ0) is 29.9. The number of benzene rings is 2. The summed E-state index contributed by atoms with van der Waals surface area (Å²) >= 11 is 0. The lowest BCUT2D eigenvalue weighted by Gasteiger charge is -2.28. The third-order valence-electron chi connectivity index (χ3n) is 5.63. The number of rotatable bonds is 13. The Morgan fingerprint density at radius 1 is 1.05 bits per heavy atom. The number of carbonyl (C=O) groups is 3. The van der Waals surface area contributed by atoms with Crippen molar-refractivity contribution in [3.63, 3.8) is 0 Å². The number of hydrogen-bond acceptors (Lipinski definition) is 11. The third-order valence-corrected chi connectivity index (χ3v) is 5.63. The van der Waals surface area contributed by atoms with E-state index in [-0.39, 0.29) is 12.2 Å². The Balaban J connectivity index is 1.68. The maximum Gasteiger partial charge on any atom is 0.337 e. The van der Waals surface area contributed by atoms with Gasteiger partial charge in [-0.3, -0.25) is 10.2 Å². The summed E-state index contributed by atoms with van der Waals surface area (Å²) in [6.45, 7) is 7.05. The first-order valence-corrected chi connectivity index (χ1v) is 12.8. The number of methoxy groups -OCH3 is 1. The molecule has 41 heavy (non-hydrogen) atoms. The number of nitrogens with zero attached hydrogens (tertiary/aromatic N) is 1. The average molecular weight is 571 g/mol. The molecule has 2 amide bonds. The molecule has 2 aromatic rings. The molecule has 1 aliphatic rings. The van der Waals surface area contributed by atoms with Crippen LogP contribution in [0.4, 0.5) is 4.79 Å². The summed E-state index contributed by atoms with van der Waals surface area (Å²) in [6.07, 6.45) is 0.290. The highest BCUT2D eigenvalue weighted by Crippen LogP contribution is 2.35. The van der Waals surface area contributed by atoms with E-state index < -0.39 is 30.2 Å². The van der Waals surface area contributed by atoms with Crippen molar-refractivity contribution in [1.82, 2.24) is 16.1 Å². The van der Waals surface area contributed by atoms with E-state index in [9.17, 15) is 19.5 Å². The standard InChI is InChI=1S/C28H34N4O9/c1-6-38-22-12-18(8-10-21(22)41-17(4)33)14-29-32-24(34)15-40-20-11-9-19(13-23(20)39-7-2)26-25(27(35)37-5)16(3)30-28(36)31-26/h8-14,24,26,32,34H,6-7,15H2,1-5H3,(H2,30,31,36)/b29-14+/t24-,26-/m1/s1. The molecule has 0 spiro atoms. The van der Waals surface area contributed by atoms with Crippen molar-refractivity contribution < 1.29 is 43.2 Å². The fourth-order valence-electron chi connectivity index (χ4n) is 3.93. The van der Waals surface area contributed by atoms with Gasteiger partial charge in [0.15, 0.2) is 29.2 Å². The van der Waals surface area contributed by atoms with Crippen LogP contribution in [0.3, 0.4) is 0 Å². The van der Waals surface area contributed by atoms with Gasteiger partial charge in [0.05, 0.1) is 38.2 Å². The van der Waals surface area contributed by atoms with Crippen LogP contribution in [0, 0.1) is 0 Å². The monoisotopic (exact) mass is 570 g/mol. The van der Waals surface area contributed by atoms with Crippen molar-refractivity contribution >= 4 is 24.2 Å². The minimum Gasteiger partial charge on any atom is -0.490 e. The lowest BCUT2D eigenvalue weighted by molar-refractivity contribution is -0.136. The zero-order valence-electron chi connectivity index (χ0n) is 23.5. The number of carbonyl (C=O) groups excluding carboxylic acids is 3. The first-order chi connectivity index (χ1) is 19.7. The van der Waals surface area contributed by atoms with Crippen LogP contribution in [-0.2, 0) is 14.3 Å². The lowest BCUT2D eigenvalue weighted by atomic mass is 9.95. The van der Waals surface area contributed by atoms with Gasteiger partial charge in [-0.2, -0.15) is 5.10 Å². The number of nitrogens with one attached hydrogen (secondary N) is 3. The summed E-state index contributed by atoms with van der Waals surface area (Å²) in [5.41, 5.74) is 4.42. The van der Waals surface area contributed by atoms with Crippen LogP contribution >= 0.6 is 0 Å². The zero-order valence-corrected chi connectivity index (χ0v) is 23.5. The fraction of sp³-hybridized carbons (Fsp3) is 0.357. The molecule has 0 saturated heterocycles. The molecule has 0 aromatic heterocycles. The van der Waals surface area contributed by atoms with E-state index in [4.69, 9.17) is 23.7 Å². The van der Waals surface area contributed by atoms with Gasteiger partial charge in [-0.15, -0.1) is 0 Å². The van der Waals surface area contributed by atoms with Crippen LogP contribution in [0.2, 0.25) is 0 Å². The van der Waals surface area contributed by atoms with Gasteiger partial charge in [-0.25, -0.2) is 9.59 Å². The molecule has 220 valence electrons. The largest absolute Gasteiger partial charge is 0.490 e. The van der Waals surface area contributed by atoms with E-state index in [1.54, 1.807) is 50.2 Å². The number of urea groups is 1. The van der Waals surface area contributed by atoms with Crippen molar-refractivity contribution in [2.75, 3.05) is 26.9 Å². The van der Waals surface area contributed by atoms with Gasteiger partial charge in [0, 0.05) is 12.6 Å². The molecule has 1 aliphatic heterocycles. The normalized spacial score (nSPS) is 15.5. The molecule has 2 atom stereocenters. The number of aliphatic hydroxyl groups excluding tert-OH is 1. The van der Waals surface area contributed by atoms with E-state index in [2.05, 4.69) is 21.2 Å². The van der Waals surface area contributed by atoms with Crippen molar-refractivity contribution in [3.8, 4) is 23.0 Å². The minimum absolute atomic E-state index is 0.178. The highest BCUT2D eigenvalue weighted by molar-refractivity contribution is 5.95. The Morgan fingerprint density at radius 2 is 1.73 bits per heavy atom. The van der Waals surface area contributed by atoms with Gasteiger partial charge < -0.3 is 39.4 Å². The Morgan fingerprint density at radius 3 is 2.39 bits per heavy atom. The van der Waals surface area contributed by atoms with Crippen LogP contribution < -0.4 is 35.0 Å². The maximum absolute atomic E-state index is 12.4. The van der Waals surface area contributed by atoms with Gasteiger partial charge in [-0.05, 0) is 62.2 Å². The summed E-state index contributed by atoms with van der Waals surface area (Å²) < 4.78 is 27.0. The number of amides is 2. The second-order valence-electron chi connectivity index (χ2n) is 8.65. The Hall–Kier alpha value is -4.78. The molecule has 2 aromatic carbocycles. The first kappa shape index (κ1) is 30.8. The molecule has 0 unspecified atom stereocenters. The first-order valence-electron chi connectivity index (χ1n) is 12.8. The Kier molecular flexibility index (Phi) is 10.9. The predicted octanol–water partition coefficient (Wildman–Crippen LogP) is 2.53. The molecule has 0 fully saturated rings. The lowest BCUT2D eigenvalue weighted by Crippen LogP contribution is -2.45. The molecule has 0 radical (unpaired) electrons. The number of hydrogen-bond donors (Lipinski definition) is 4. The number of hydrazone groups is 1. The molecule has 3 rings (SSSR count). The van der Waals surface area contributed by atoms with Crippen LogP contribution in [0.15, 0.2) is 52.8 Å². The number of ether oxygens (including phenoxy) is 5. The van der Waals surface area contributed by atoms with E-state index in [0.717, 1.165) is 0 Å². The predicted molar refractivity (Wildman–Crippen MR) is 148 cm³/mol. The van der Waals surface area contributed by atoms with E-state index in [1.807, 2.05) is 6.92 Å². The van der Waals surface area contributed by atoms with Crippen molar-refractivity contribution in [1.29, 1.82) is 0 Å². The van der Waals surface area contributed by atoms with Crippen LogP contribution in [0.1, 0.15) is 44.9 Å². The van der Waals surface area contributed by atoms with Crippen LogP contribution in [-0.4, -0.2) is 62.4 Å². The summed E-state index contributed by atoms with van der Waals surface area (Å²) in [5.74, 6) is 0.327. The molecule has 0 saturated carbocycles. The van der Waals surface area contributed by atoms with E-state index in [0.29, 0.717) is 53.0 Å². The van der Waals surface area contributed by atoms with Crippen LogP contribution in [0.25, 0.3) is 0 Å². The number of aliphatic hydroxyl groups is 1. The summed E-state index contributed by atoms with van der Waals surface area (Å²) in [4.78, 5) is 35.8. The number of esters is 2. The average Bonchev–Trinajstić information content (AvgIpc) is 2.93. The van der Waals surface area contributed by atoms with Gasteiger partial charge in [0.2, 0.25) is 0 Å². The smallest absolute Gasteiger partial charge is 0.337 e. The van der Waals surface area contributed by atoms with Crippen molar-refractivity contribution in [3.05, 3.63) is 58.8 Å². The van der Waals surface area contributed by atoms with Crippen molar-refractivity contribution in [2.24, 2.45) is 5.10 Å². The minimum atomic E-state index is -1.17. The highest BCUT2D eigenvalue weighted by atomic mass is 16.6. The second-order valence-corrected chi connectivity index (χ2v) is 8.65. The van der Waals surface area contributed by atoms with Gasteiger partial charge in [0.1, 0.15) is 6.61 Å². The summed E-state index contributed by atoms with van der Waals surface area (Å²) in [7, 11) is 1.27. The van der Waals surface area contributed by atoms with E-state index in [1.165, 1.54) is 20.2 Å². The molecule has 13 heteroatoms. The fourth-order valence-corrected chi connectivity index (χ4v) is 3.93. The highest BCUT2D eigenvalue weighted by Gasteiger charge is 2.32. The van der Waals surface area contributed by atoms with E-state index >= 15 is 0 Å². The van der Waals surface area contributed by atoms with Crippen molar-refractivity contribution in [2.45, 2.75) is 40.0 Å². The maximum atomic E-state index is 12.4. The van der Waals surface area contributed by atoms with Gasteiger partial charge >= 0.3 is 18.0 Å². The van der Waals surface area contributed by atoms with Gasteiger partial charge in [-0.1, -0.05) is 6.07 Å². The molecule has 1 heterocycles. The quantitative estimate of drug-likeness (QED) is 0.0924. The molecule has 0 bridgehead atoms. The SMILES string of the molecule is CCOc1cc([C@H]2NC(=O)NC(C)=C2C(=O)OC)ccc1OC[C@@H](O)N/N=C/c1ccc(OC(C)=O)c(OCC)c1. The summed E-state index contributed by atoms with van der Waals surface area (Å²) in [5, 5.41) is 19.7. The second kappa shape index (κ2) is 14.6. The Labute approximate surface area is 237 Å². The molecule has 4 N–H and O–H groups in total. The van der Waals surface area contributed by atoms with Gasteiger partial charge in [0.25, 0.3) is 0 Å². The summed E-state index contributed by atoms with van der Waals surface area (Å²) in [6, 6.07) is 8.65.